The number of fused-ring (bicyclic) bond motifs is 3. The van der Waals surface area contributed by atoms with Gasteiger partial charge in [0.15, 0.2) is 34.9 Å². The van der Waals surface area contributed by atoms with Crippen LogP contribution in [0.5, 0.6) is 0 Å². The second kappa shape index (κ2) is 15.6. The maximum absolute atomic E-state index is 6.47. The van der Waals surface area contributed by atoms with Crippen LogP contribution in [0.2, 0.25) is 0 Å². The number of rotatable bonds is 9. The van der Waals surface area contributed by atoms with Crippen molar-refractivity contribution in [3.63, 3.8) is 0 Å². The number of hydrogen-bond acceptors (Lipinski definition) is 7. The van der Waals surface area contributed by atoms with Gasteiger partial charge in [0.1, 0.15) is 11.2 Å². The molecular weight excluding hydrogens is 737 g/mol. The van der Waals surface area contributed by atoms with Crippen LogP contribution in [-0.2, 0) is 0 Å². The van der Waals surface area contributed by atoms with Crippen molar-refractivity contribution in [3.8, 4) is 79.2 Å². The van der Waals surface area contributed by atoms with Crippen molar-refractivity contribution in [2.45, 2.75) is 6.92 Å². The average molecular weight is 773 g/mol. The molecule has 7 heteroatoms. The van der Waals surface area contributed by atoms with Crippen molar-refractivity contribution in [3.05, 3.63) is 200 Å². The van der Waals surface area contributed by atoms with Gasteiger partial charge in [0.25, 0.3) is 0 Å². The lowest BCUT2D eigenvalue weighted by molar-refractivity contribution is 0.669. The molecule has 7 aromatic carbocycles. The molecule has 284 valence electrons. The molecular formula is C53H36N6O. The van der Waals surface area contributed by atoms with Gasteiger partial charge in [0, 0.05) is 38.6 Å². The molecule has 0 aliphatic heterocycles. The molecule has 0 bridgehead atoms. The Hall–Kier alpha value is -8.16. The molecule has 0 unspecified atom stereocenters. The maximum Gasteiger partial charge on any atom is 0.164 e. The van der Waals surface area contributed by atoms with Crippen LogP contribution in [0.3, 0.4) is 0 Å². The molecule has 0 radical (unpaired) electrons. The molecule has 0 saturated carbocycles. The largest absolute Gasteiger partial charge is 0.456 e. The van der Waals surface area contributed by atoms with Gasteiger partial charge in [-0.05, 0) is 59.0 Å². The van der Waals surface area contributed by atoms with Crippen molar-refractivity contribution in [1.82, 2.24) is 29.9 Å². The van der Waals surface area contributed by atoms with E-state index in [1.807, 2.05) is 128 Å². The molecule has 10 aromatic rings. The maximum atomic E-state index is 6.47. The van der Waals surface area contributed by atoms with Crippen molar-refractivity contribution in [2.24, 2.45) is 0 Å². The van der Waals surface area contributed by atoms with Gasteiger partial charge >= 0.3 is 0 Å². The summed E-state index contributed by atoms with van der Waals surface area (Å²) in [6.07, 6.45) is 3.66. The zero-order chi connectivity index (χ0) is 40.4. The lowest BCUT2D eigenvalue weighted by Gasteiger charge is -2.10. The van der Waals surface area contributed by atoms with Crippen molar-refractivity contribution < 1.29 is 4.42 Å². The average Bonchev–Trinajstić information content (AvgIpc) is 3.71. The Balaban J connectivity index is 1.08. The number of hydrogen-bond donors (Lipinski definition) is 0. The fourth-order valence-corrected chi connectivity index (χ4v) is 7.46. The highest BCUT2D eigenvalue weighted by molar-refractivity contribution is 6.12. The van der Waals surface area contributed by atoms with Crippen LogP contribution >= 0.6 is 0 Å². The molecule has 0 amide bonds. The summed E-state index contributed by atoms with van der Waals surface area (Å²) in [7, 11) is 0. The summed E-state index contributed by atoms with van der Waals surface area (Å²) in [5.41, 5.74) is 11.2. The van der Waals surface area contributed by atoms with Gasteiger partial charge in [-0.25, -0.2) is 29.9 Å². The molecule has 0 atom stereocenters. The summed E-state index contributed by atoms with van der Waals surface area (Å²) in [4.78, 5) is 29.9. The fraction of sp³-hybridized carbons (Fsp3) is 0.0189. The van der Waals surface area contributed by atoms with Gasteiger partial charge in [-0.1, -0.05) is 170 Å². The number of aromatic nitrogens is 6. The van der Waals surface area contributed by atoms with E-state index in [0.29, 0.717) is 34.9 Å². The van der Waals surface area contributed by atoms with Crippen molar-refractivity contribution in [2.75, 3.05) is 0 Å². The Morgan fingerprint density at radius 1 is 0.417 bits per heavy atom. The summed E-state index contributed by atoms with van der Waals surface area (Å²) in [5.74, 6) is 3.54. The van der Waals surface area contributed by atoms with Crippen LogP contribution in [0.25, 0.3) is 107 Å². The Kier molecular flexibility index (Phi) is 9.44. The predicted molar refractivity (Wildman–Crippen MR) is 242 cm³/mol. The number of allylic oxidation sites excluding steroid dienone is 3. The highest BCUT2D eigenvalue weighted by Crippen LogP contribution is 2.39. The molecule has 0 N–H and O–H groups in total. The molecule has 0 fully saturated rings. The Labute approximate surface area is 347 Å². The minimum Gasteiger partial charge on any atom is -0.456 e. The zero-order valence-corrected chi connectivity index (χ0v) is 32.7. The van der Waals surface area contributed by atoms with E-state index in [4.69, 9.17) is 34.3 Å². The molecule has 3 heterocycles. The Bertz CT molecular complexity index is 3160. The monoisotopic (exact) mass is 772 g/mol. The van der Waals surface area contributed by atoms with Gasteiger partial charge in [-0.2, -0.15) is 0 Å². The summed E-state index contributed by atoms with van der Waals surface area (Å²) in [5, 5.41) is 1.88. The first kappa shape index (κ1) is 36.2. The first-order valence-corrected chi connectivity index (χ1v) is 19.7. The van der Waals surface area contributed by atoms with Gasteiger partial charge in [-0.3, -0.25) is 0 Å². The predicted octanol–water partition coefficient (Wildman–Crippen LogP) is 13.2. The minimum atomic E-state index is 0.554. The fourth-order valence-electron chi connectivity index (χ4n) is 7.46. The molecule has 0 saturated heterocycles. The molecule has 0 aliphatic carbocycles. The molecule has 3 aromatic heterocycles. The number of benzene rings is 7. The van der Waals surface area contributed by atoms with E-state index < -0.39 is 0 Å². The third-order valence-electron chi connectivity index (χ3n) is 10.5. The summed E-state index contributed by atoms with van der Waals surface area (Å²) in [6.45, 7) is 5.90. The lowest BCUT2D eigenvalue weighted by Crippen LogP contribution is -2.02. The van der Waals surface area contributed by atoms with Crippen molar-refractivity contribution >= 4 is 27.5 Å². The second-order valence-electron chi connectivity index (χ2n) is 14.4. The lowest BCUT2D eigenvalue weighted by atomic mass is 9.99. The van der Waals surface area contributed by atoms with E-state index in [1.54, 1.807) is 6.08 Å². The van der Waals surface area contributed by atoms with Gasteiger partial charge in [0.05, 0.1) is 0 Å². The smallest absolute Gasteiger partial charge is 0.164 e. The third kappa shape index (κ3) is 7.05. The van der Waals surface area contributed by atoms with E-state index in [0.717, 1.165) is 77.6 Å². The van der Waals surface area contributed by atoms with Crippen molar-refractivity contribution in [1.29, 1.82) is 0 Å². The quantitative estimate of drug-likeness (QED) is 0.135. The topological polar surface area (TPSA) is 90.5 Å². The third-order valence-corrected chi connectivity index (χ3v) is 10.5. The highest BCUT2D eigenvalue weighted by atomic mass is 16.3. The Morgan fingerprint density at radius 3 is 1.55 bits per heavy atom. The van der Waals surface area contributed by atoms with E-state index in [1.165, 1.54) is 0 Å². The molecule has 0 spiro atoms. The highest BCUT2D eigenvalue weighted by Gasteiger charge is 2.19. The van der Waals surface area contributed by atoms with Gasteiger partial charge in [0.2, 0.25) is 0 Å². The summed E-state index contributed by atoms with van der Waals surface area (Å²) in [6, 6.07) is 59.3. The van der Waals surface area contributed by atoms with Crippen LogP contribution in [0.4, 0.5) is 0 Å². The number of nitrogens with zero attached hydrogens (tertiary/aromatic N) is 6. The molecule has 0 aliphatic rings. The van der Waals surface area contributed by atoms with Crippen LogP contribution in [0.1, 0.15) is 12.7 Å². The van der Waals surface area contributed by atoms with E-state index >= 15 is 0 Å². The van der Waals surface area contributed by atoms with Crippen LogP contribution in [0, 0.1) is 0 Å². The number of furan rings is 1. The van der Waals surface area contributed by atoms with E-state index in [-0.39, 0.29) is 0 Å². The summed E-state index contributed by atoms with van der Waals surface area (Å²) < 4.78 is 6.47. The molecule has 10 rings (SSSR count). The van der Waals surface area contributed by atoms with Gasteiger partial charge in [-0.15, -0.1) is 0 Å². The normalized spacial score (nSPS) is 11.6. The molecule has 7 nitrogen and oxygen atoms in total. The minimum absolute atomic E-state index is 0.554. The van der Waals surface area contributed by atoms with Crippen LogP contribution in [-0.4, -0.2) is 29.9 Å². The molecule has 60 heavy (non-hydrogen) atoms. The van der Waals surface area contributed by atoms with Crippen LogP contribution < -0.4 is 0 Å². The summed E-state index contributed by atoms with van der Waals surface area (Å²) >= 11 is 0. The van der Waals surface area contributed by atoms with Crippen LogP contribution in [0.15, 0.2) is 199 Å². The Morgan fingerprint density at radius 2 is 0.883 bits per heavy atom. The first-order chi connectivity index (χ1) is 29.6. The zero-order valence-electron chi connectivity index (χ0n) is 32.7. The van der Waals surface area contributed by atoms with E-state index in [2.05, 4.69) is 67.2 Å². The standard InChI is InChI=1S/C53H36N6O/c1-3-15-34(2)48-54-51(39-28-26-36(27-29-39)35-16-7-4-8-17-35)59-53(55-48)43-24-14-25-46-47(43)44-33-41(30-31-45(44)60-46)40-22-13-23-42(32-40)52-57-49(37-18-9-5-10-19-37)56-50(58-52)38-20-11-6-12-21-38/h3-33H,1H2,2H3/b34-15+. The second-order valence-corrected chi connectivity index (χ2v) is 14.4. The van der Waals surface area contributed by atoms with E-state index in [9.17, 15) is 0 Å². The SMILES string of the molecule is C=C/C=C(\C)c1nc(-c2ccc(-c3ccccc3)cc2)nc(-c2cccc3oc4ccc(-c5cccc(-c6nc(-c7ccccc7)nc(-c7ccccc7)n6)c5)cc4c23)n1. The van der Waals surface area contributed by atoms with Gasteiger partial charge < -0.3 is 4.42 Å². The first-order valence-electron chi connectivity index (χ1n) is 19.7.